The highest BCUT2D eigenvalue weighted by atomic mass is 16.1. The molecule has 2 saturated heterocycles. The molecule has 0 radical (unpaired) electrons. The molecule has 2 aliphatic heterocycles. The number of nitrogens with two attached hydrogens (primary N) is 1. The Bertz CT molecular complexity index is 317. The van der Waals surface area contributed by atoms with E-state index in [0.717, 1.165) is 12.8 Å². The predicted octanol–water partition coefficient (Wildman–Crippen LogP) is 1.10. The highest BCUT2D eigenvalue weighted by Crippen LogP contribution is 2.35. The summed E-state index contributed by atoms with van der Waals surface area (Å²) in [5.41, 5.74) is 5.01. The normalized spacial score (nSPS) is 35.7. The van der Waals surface area contributed by atoms with Gasteiger partial charge in [0.1, 0.15) is 0 Å². The first kappa shape index (κ1) is 13.8. The monoisotopic (exact) mass is 253 g/mol. The zero-order chi connectivity index (χ0) is 13.5. The summed E-state index contributed by atoms with van der Waals surface area (Å²) in [5.74, 6) is -0.0175. The first-order valence-electron chi connectivity index (χ1n) is 7.14. The van der Waals surface area contributed by atoms with Gasteiger partial charge in [-0.2, -0.15) is 0 Å². The molecule has 3 N–H and O–H groups in total. The number of fused-ring (bicyclic) bond motifs is 2. The average Bonchev–Trinajstić information content (AvgIpc) is 2.52. The topological polar surface area (TPSA) is 58.4 Å². The number of hydrogen-bond donors (Lipinski definition) is 2. The number of nitrogens with one attached hydrogen (secondary N) is 1. The third-order valence-electron chi connectivity index (χ3n) is 5.27. The van der Waals surface area contributed by atoms with Crippen molar-refractivity contribution in [1.82, 2.24) is 10.2 Å². The highest BCUT2D eigenvalue weighted by Gasteiger charge is 2.43. The summed E-state index contributed by atoms with van der Waals surface area (Å²) in [6, 6.07) is 1.80. The van der Waals surface area contributed by atoms with Crippen molar-refractivity contribution in [2.24, 2.45) is 11.7 Å². The fourth-order valence-corrected chi connectivity index (χ4v) is 3.48. The molecule has 0 aromatic carbocycles. The molecule has 0 aliphatic carbocycles. The Hall–Kier alpha value is -0.610. The van der Waals surface area contributed by atoms with Gasteiger partial charge in [-0.1, -0.05) is 13.8 Å². The summed E-state index contributed by atoms with van der Waals surface area (Å²) in [6.45, 7) is 6.06. The molecule has 0 spiro atoms. The molecule has 1 amide bonds. The van der Waals surface area contributed by atoms with Crippen LogP contribution in [0.5, 0.6) is 0 Å². The van der Waals surface area contributed by atoms with Crippen LogP contribution < -0.4 is 11.1 Å². The van der Waals surface area contributed by atoms with E-state index in [0.29, 0.717) is 18.1 Å². The first-order valence-corrected chi connectivity index (χ1v) is 7.14. The lowest BCUT2D eigenvalue weighted by atomic mass is 9.85. The van der Waals surface area contributed by atoms with E-state index in [1.54, 1.807) is 0 Å². The lowest BCUT2D eigenvalue weighted by Gasteiger charge is -2.42. The van der Waals surface area contributed by atoms with Gasteiger partial charge >= 0.3 is 0 Å². The van der Waals surface area contributed by atoms with Gasteiger partial charge in [-0.3, -0.25) is 4.79 Å². The van der Waals surface area contributed by atoms with E-state index in [1.165, 1.54) is 12.8 Å². The summed E-state index contributed by atoms with van der Waals surface area (Å²) < 4.78 is 0. The van der Waals surface area contributed by atoms with E-state index in [4.69, 9.17) is 5.73 Å². The van der Waals surface area contributed by atoms with Crippen LogP contribution in [0.1, 0.15) is 46.5 Å². The molecule has 4 nitrogen and oxygen atoms in total. The minimum absolute atomic E-state index is 0.215. The number of carbonyl (C=O) groups excluding carboxylic acids is 1. The van der Waals surface area contributed by atoms with Gasteiger partial charge in [0.2, 0.25) is 5.91 Å². The van der Waals surface area contributed by atoms with Gasteiger partial charge in [0.05, 0.1) is 5.54 Å². The number of carbonyl (C=O) groups is 1. The molecule has 2 heterocycles. The zero-order valence-corrected chi connectivity index (χ0v) is 12.1. The van der Waals surface area contributed by atoms with Crippen molar-refractivity contribution in [1.29, 1.82) is 0 Å². The van der Waals surface area contributed by atoms with Gasteiger partial charge in [-0.15, -0.1) is 0 Å². The molecular formula is C14H27N3O. The number of piperidine rings is 1. The van der Waals surface area contributed by atoms with E-state index in [1.807, 2.05) is 6.92 Å². The molecule has 3 unspecified atom stereocenters. The summed E-state index contributed by atoms with van der Waals surface area (Å²) in [7, 11) is 2.23. The fraction of sp³-hybridized carbons (Fsp3) is 0.929. The van der Waals surface area contributed by atoms with Crippen molar-refractivity contribution in [3.63, 3.8) is 0 Å². The maximum absolute atomic E-state index is 11.7. The lowest BCUT2D eigenvalue weighted by molar-refractivity contribution is -0.126. The van der Waals surface area contributed by atoms with Crippen molar-refractivity contribution in [3.8, 4) is 0 Å². The molecule has 2 aliphatic rings. The average molecular weight is 253 g/mol. The zero-order valence-electron chi connectivity index (χ0n) is 12.1. The Morgan fingerprint density at radius 2 is 1.83 bits per heavy atom. The largest absolute Gasteiger partial charge is 0.368 e. The number of primary amides is 1. The Morgan fingerprint density at radius 3 is 2.22 bits per heavy atom. The molecule has 0 aromatic rings. The molecule has 2 rings (SSSR count). The second-order valence-corrected chi connectivity index (χ2v) is 6.58. The highest BCUT2D eigenvalue weighted by molar-refractivity contribution is 5.84. The third kappa shape index (κ3) is 2.28. The second kappa shape index (κ2) is 4.82. The Kier molecular flexibility index (Phi) is 3.70. The van der Waals surface area contributed by atoms with Gasteiger partial charge < -0.3 is 16.0 Å². The van der Waals surface area contributed by atoms with Crippen LogP contribution >= 0.6 is 0 Å². The number of nitrogens with zero attached hydrogens (tertiary/aromatic N) is 1. The maximum Gasteiger partial charge on any atom is 0.237 e. The molecular weight excluding hydrogens is 226 g/mol. The van der Waals surface area contributed by atoms with E-state index >= 15 is 0 Å². The van der Waals surface area contributed by atoms with Crippen LogP contribution in [0, 0.1) is 5.92 Å². The van der Waals surface area contributed by atoms with Crippen LogP contribution in [0.15, 0.2) is 0 Å². The minimum atomic E-state index is -0.583. The van der Waals surface area contributed by atoms with Crippen molar-refractivity contribution in [2.75, 3.05) is 7.05 Å². The molecule has 18 heavy (non-hydrogen) atoms. The van der Waals surface area contributed by atoms with Crippen LogP contribution in [0.4, 0.5) is 0 Å². The van der Waals surface area contributed by atoms with Crippen molar-refractivity contribution >= 4 is 5.91 Å². The molecule has 2 fully saturated rings. The van der Waals surface area contributed by atoms with E-state index < -0.39 is 5.54 Å². The van der Waals surface area contributed by atoms with Crippen LogP contribution in [0.3, 0.4) is 0 Å². The fourth-order valence-electron chi connectivity index (χ4n) is 3.48. The van der Waals surface area contributed by atoms with Gasteiger partial charge in [-0.05, 0) is 45.6 Å². The summed E-state index contributed by atoms with van der Waals surface area (Å²) in [4.78, 5) is 14.2. The van der Waals surface area contributed by atoms with Crippen molar-refractivity contribution < 1.29 is 4.79 Å². The molecule has 3 atom stereocenters. The minimum Gasteiger partial charge on any atom is -0.368 e. The SMILES string of the molecule is CC(C)C(C)(NC1CC2CCC(C1)N2C)C(N)=O. The van der Waals surface area contributed by atoms with Crippen LogP contribution in [0.2, 0.25) is 0 Å². The quantitative estimate of drug-likeness (QED) is 0.789. The molecule has 104 valence electrons. The first-order chi connectivity index (χ1) is 8.34. The Morgan fingerprint density at radius 1 is 1.33 bits per heavy atom. The van der Waals surface area contributed by atoms with E-state index in [2.05, 4.69) is 31.1 Å². The predicted molar refractivity (Wildman–Crippen MR) is 73.2 cm³/mol. The standard InChI is InChI=1S/C14H27N3O/c1-9(2)14(3,13(15)18)16-10-7-11-5-6-12(8-10)17(11)4/h9-12,16H,5-8H2,1-4H3,(H2,15,18). The van der Waals surface area contributed by atoms with Crippen LogP contribution in [-0.2, 0) is 4.79 Å². The lowest BCUT2D eigenvalue weighted by Crippen LogP contribution is -2.62. The Balaban J connectivity index is 2.04. The number of rotatable bonds is 4. The van der Waals surface area contributed by atoms with Gasteiger partial charge in [0.25, 0.3) is 0 Å². The van der Waals surface area contributed by atoms with Crippen molar-refractivity contribution in [2.45, 2.75) is 70.1 Å². The van der Waals surface area contributed by atoms with Gasteiger partial charge in [0, 0.05) is 18.1 Å². The van der Waals surface area contributed by atoms with Crippen molar-refractivity contribution in [3.05, 3.63) is 0 Å². The van der Waals surface area contributed by atoms with Gasteiger partial charge in [-0.25, -0.2) is 0 Å². The van der Waals surface area contributed by atoms with Crippen LogP contribution in [-0.4, -0.2) is 41.5 Å². The smallest absolute Gasteiger partial charge is 0.237 e. The van der Waals surface area contributed by atoms with Crippen LogP contribution in [0.25, 0.3) is 0 Å². The summed E-state index contributed by atoms with van der Waals surface area (Å²) >= 11 is 0. The molecule has 0 saturated carbocycles. The van der Waals surface area contributed by atoms with E-state index in [-0.39, 0.29) is 11.8 Å². The summed E-state index contributed by atoms with van der Waals surface area (Å²) in [5, 5.41) is 3.55. The second-order valence-electron chi connectivity index (χ2n) is 6.58. The molecule has 2 bridgehead atoms. The van der Waals surface area contributed by atoms with E-state index in [9.17, 15) is 4.79 Å². The maximum atomic E-state index is 11.7. The van der Waals surface area contributed by atoms with Gasteiger partial charge in [0.15, 0.2) is 0 Å². The number of amides is 1. The third-order valence-corrected chi connectivity index (χ3v) is 5.27. The molecule has 4 heteroatoms. The number of hydrogen-bond acceptors (Lipinski definition) is 3. The molecule has 0 aromatic heterocycles. The summed E-state index contributed by atoms with van der Waals surface area (Å²) in [6.07, 6.45) is 4.88. The Labute approximate surface area is 110 Å².